The molecular weight excluding hydrogens is 478 g/mol. The molecule has 0 aliphatic carbocycles. The van der Waals surface area contributed by atoms with Crippen molar-refractivity contribution in [3.8, 4) is 17.6 Å². The molecule has 0 fully saturated rings. The molecule has 3 rings (SSSR count). The van der Waals surface area contributed by atoms with Crippen LogP contribution in [0.25, 0.3) is 0 Å². The second-order valence-electron chi connectivity index (χ2n) is 9.60. The second-order valence-corrected chi connectivity index (χ2v) is 11.5. The normalized spacial score (nSPS) is 20.2. The van der Waals surface area contributed by atoms with Crippen LogP contribution in [0.15, 0.2) is 47.5 Å². The van der Waals surface area contributed by atoms with Gasteiger partial charge < -0.3 is 14.7 Å². The van der Waals surface area contributed by atoms with Crippen molar-refractivity contribution in [2.75, 3.05) is 26.7 Å². The number of nitrogens with zero attached hydrogens (tertiary/aromatic N) is 3. The van der Waals surface area contributed by atoms with E-state index in [9.17, 15) is 18.3 Å². The molecule has 2 heterocycles. The maximum absolute atomic E-state index is 13.6. The Morgan fingerprint density at radius 2 is 2.03 bits per heavy atom. The van der Waals surface area contributed by atoms with Gasteiger partial charge in [0.05, 0.1) is 19.6 Å². The van der Waals surface area contributed by atoms with E-state index in [-0.39, 0.29) is 54.5 Å². The summed E-state index contributed by atoms with van der Waals surface area (Å²) < 4.78 is 34.8. The summed E-state index contributed by atoms with van der Waals surface area (Å²) in [4.78, 5) is 18.7. The van der Waals surface area contributed by atoms with Crippen molar-refractivity contribution in [2.24, 2.45) is 11.8 Å². The zero-order valence-electron chi connectivity index (χ0n) is 21.5. The summed E-state index contributed by atoms with van der Waals surface area (Å²) in [5.41, 5.74) is 1.32. The molecule has 1 N–H and O–H groups in total. The summed E-state index contributed by atoms with van der Waals surface area (Å²) >= 11 is 0. The third-order valence-corrected chi connectivity index (χ3v) is 8.13. The Morgan fingerprint density at radius 1 is 1.28 bits per heavy atom. The van der Waals surface area contributed by atoms with Gasteiger partial charge in [-0.05, 0) is 37.3 Å². The van der Waals surface area contributed by atoms with E-state index in [1.807, 2.05) is 26.8 Å². The fourth-order valence-electron chi connectivity index (χ4n) is 3.91. The van der Waals surface area contributed by atoms with Gasteiger partial charge in [-0.15, -0.1) is 0 Å². The van der Waals surface area contributed by atoms with Crippen LogP contribution in [0.1, 0.15) is 39.0 Å². The molecule has 0 bridgehead atoms. The van der Waals surface area contributed by atoms with Gasteiger partial charge in [-0.2, -0.15) is 4.31 Å². The third-order valence-electron chi connectivity index (χ3n) is 6.11. The Hall–Kier alpha value is -2.93. The lowest BCUT2D eigenvalue weighted by Crippen LogP contribution is -2.50. The van der Waals surface area contributed by atoms with Gasteiger partial charge >= 0.3 is 0 Å². The lowest BCUT2D eigenvalue weighted by atomic mass is 10.0. The minimum absolute atomic E-state index is 0.0252. The van der Waals surface area contributed by atoms with Crippen LogP contribution in [0.2, 0.25) is 0 Å². The first-order valence-electron chi connectivity index (χ1n) is 12.1. The van der Waals surface area contributed by atoms with E-state index >= 15 is 0 Å². The van der Waals surface area contributed by atoms with Crippen molar-refractivity contribution in [2.45, 2.75) is 51.2 Å². The van der Waals surface area contributed by atoms with E-state index in [0.717, 1.165) is 0 Å². The Bertz CT molecular complexity index is 1220. The fraction of sp³-hybridized carbons (Fsp3) is 0.481. The molecular formula is C27H35N3O5S. The fourth-order valence-corrected chi connectivity index (χ4v) is 5.74. The van der Waals surface area contributed by atoms with Crippen LogP contribution in [0.4, 0.5) is 0 Å². The predicted molar refractivity (Wildman–Crippen MR) is 138 cm³/mol. The maximum Gasteiger partial charge on any atom is 0.247 e. The number of fused-ring (bicyclic) bond motifs is 1. The van der Waals surface area contributed by atoms with Crippen LogP contribution < -0.4 is 4.74 Å². The van der Waals surface area contributed by atoms with E-state index in [1.54, 1.807) is 49.3 Å². The Kier molecular flexibility index (Phi) is 9.12. The van der Waals surface area contributed by atoms with Crippen molar-refractivity contribution >= 4 is 15.9 Å². The number of aliphatic hydroxyl groups excluding tert-OH is 1. The van der Waals surface area contributed by atoms with E-state index < -0.39 is 22.2 Å². The van der Waals surface area contributed by atoms with Crippen molar-refractivity contribution in [1.82, 2.24) is 14.2 Å². The number of sulfonamides is 1. The molecule has 194 valence electrons. The highest BCUT2D eigenvalue weighted by atomic mass is 32.2. The monoisotopic (exact) mass is 513 g/mol. The smallest absolute Gasteiger partial charge is 0.247 e. The number of hydrogen-bond donors (Lipinski definition) is 1. The lowest BCUT2D eigenvalue weighted by Gasteiger charge is -2.37. The average molecular weight is 514 g/mol. The Morgan fingerprint density at radius 3 is 2.67 bits per heavy atom. The largest absolute Gasteiger partial charge is 0.487 e. The van der Waals surface area contributed by atoms with Crippen molar-refractivity contribution in [1.29, 1.82) is 0 Å². The minimum Gasteiger partial charge on any atom is -0.487 e. The summed E-state index contributed by atoms with van der Waals surface area (Å²) in [6, 6.07) is 9.64. The number of benzene rings is 1. The summed E-state index contributed by atoms with van der Waals surface area (Å²) in [7, 11) is -2.23. The lowest BCUT2D eigenvalue weighted by molar-refractivity contribution is -0.130. The highest BCUT2D eigenvalue weighted by molar-refractivity contribution is 7.89. The Labute approximate surface area is 214 Å². The zero-order chi connectivity index (χ0) is 26.5. The molecule has 0 spiro atoms. The number of likely N-dealkylation sites (N-methyl/N-ethyl adjacent to an activating group) is 1. The summed E-state index contributed by atoms with van der Waals surface area (Å²) in [6.07, 6.45) is 1.32. The number of amides is 1. The number of rotatable bonds is 6. The highest BCUT2D eigenvalue weighted by Crippen LogP contribution is 2.34. The highest BCUT2D eigenvalue weighted by Gasteiger charge is 2.38. The van der Waals surface area contributed by atoms with Crippen molar-refractivity contribution in [3.05, 3.63) is 53.9 Å². The van der Waals surface area contributed by atoms with Crippen LogP contribution in [-0.4, -0.2) is 72.5 Å². The number of hydrogen-bond acceptors (Lipinski definition) is 6. The first-order valence-corrected chi connectivity index (χ1v) is 13.6. The van der Waals surface area contributed by atoms with Gasteiger partial charge in [0, 0.05) is 48.9 Å². The molecule has 2 aromatic rings. The zero-order valence-corrected chi connectivity index (χ0v) is 22.3. The molecule has 1 aliphatic heterocycles. The molecule has 1 aromatic heterocycles. The van der Waals surface area contributed by atoms with E-state index in [4.69, 9.17) is 4.74 Å². The molecule has 0 saturated heterocycles. The number of aliphatic hydroxyl groups is 1. The van der Waals surface area contributed by atoms with Gasteiger partial charge in [-0.3, -0.25) is 9.78 Å². The van der Waals surface area contributed by atoms with Crippen molar-refractivity contribution < 1.29 is 23.1 Å². The molecule has 3 atom stereocenters. The summed E-state index contributed by atoms with van der Waals surface area (Å²) in [5.74, 6) is 6.12. The van der Waals surface area contributed by atoms with Gasteiger partial charge in [0.15, 0.2) is 0 Å². The van der Waals surface area contributed by atoms with Crippen LogP contribution in [0.5, 0.6) is 5.75 Å². The number of carbonyl (C=O) groups excluding carboxylic acids is 1. The second kappa shape index (κ2) is 11.9. The maximum atomic E-state index is 13.6. The molecule has 0 saturated carbocycles. The Balaban J connectivity index is 1.96. The summed E-state index contributed by atoms with van der Waals surface area (Å²) in [5, 5.41) is 9.79. The topological polar surface area (TPSA) is 100 Å². The molecule has 0 unspecified atom stereocenters. The van der Waals surface area contributed by atoms with Gasteiger partial charge in [-0.25, -0.2) is 8.42 Å². The molecule has 8 nitrogen and oxygen atoms in total. The quantitative estimate of drug-likeness (QED) is 0.596. The summed E-state index contributed by atoms with van der Waals surface area (Å²) in [6.45, 7) is 7.61. The first kappa shape index (κ1) is 27.7. The molecule has 1 aliphatic rings. The molecule has 9 heteroatoms. The van der Waals surface area contributed by atoms with E-state index in [2.05, 4.69) is 16.8 Å². The van der Waals surface area contributed by atoms with Gasteiger partial charge in [0.1, 0.15) is 16.7 Å². The standard InChI is InChI=1S/C27H35N3O5S/c1-19(2)9-10-22-11-12-26-24(14-22)35-25(20(3)16-30(21(4)18-31)36(26,33)34)17-29(5)27(32)15-23-8-6-7-13-28-23/h6-8,11-14,19-21,25,31H,15-18H2,1-5H3/t20-,21+,25-/m1/s1. The molecule has 0 radical (unpaired) electrons. The predicted octanol–water partition coefficient (Wildman–Crippen LogP) is 2.56. The minimum atomic E-state index is -3.93. The van der Waals surface area contributed by atoms with Crippen molar-refractivity contribution in [3.63, 3.8) is 0 Å². The van der Waals surface area contributed by atoms with Gasteiger partial charge in [0.25, 0.3) is 0 Å². The van der Waals surface area contributed by atoms with Crippen LogP contribution in [0.3, 0.4) is 0 Å². The molecule has 1 aromatic carbocycles. The number of pyridine rings is 1. The van der Waals surface area contributed by atoms with Gasteiger partial charge in [0.2, 0.25) is 15.9 Å². The molecule has 1 amide bonds. The number of ether oxygens (including phenoxy) is 1. The van der Waals surface area contributed by atoms with Crippen LogP contribution in [0, 0.1) is 23.7 Å². The number of aromatic nitrogens is 1. The first-order chi connectivity index (χ1) is 17.0. The number of carbonyl (C=O) groups is 1. The molecule has 36 heavy (non-hydrogen) atoms. The van der Waals surface area contributed by atoms with E-state index in [1.165, 1.54) is 10.4 Å². The average Bonchev–Trinajstić information content (AvgIpc) is 2.84. The van der Waals surface area contributed by atoms with Gasteiger partial charge in [-0.1, -0.05) is 38.7 Å². The third kappa shape index (κ3) is 6.64. The van der Waals surface area contributed by atoms with Crippen LogP contribution in [-0.2, 0) is 21.2 Å². The SMILES string of the molecule is CC(C)C#Cc1ccc2c(c1)O[C@H](CN(C)C(=O)Cc1ccccn1)[C@H](C)CN([C@@H](C)CO)S2(=O)=O. The van der Waals surface area contributed by atoms with Crippen LogP contribution >= 0.6 is 0 Å². The van der Waals surface area contributed by atoms with E-state index in [0.29, 0.717) is 11.3 Å².